The molecule has 104 valence electrons. The largest absolute Gasteiger partial charge is 0.493 e. The zero-order valence-corrected chi connectivity index (χ0v) is 12.9. The van der Waals surface area contributed by atoms with Crippen molar-refractivity contribution in [3.63, 3.8) is 0 Å². The molecule has 0 amide bonds. The van der Waals surface area contributed by atoms with Gasteiger partial charge in [-0.2, -0.15) is 23.5 Å². The van der Waals surface area contributed by atoms with Crippen molar-refractivity contribution in [1.29, 1.82) is 0 Å². The number of nitrogens with one attached hydrogen (secondary N) is 1. The second kappa shape index (κ2) is 6.42. The van der Waals surface area contributed by atoms with Crippen LogP contribution in [0, 0.1) is 5.92 Å². The third kappa shape index (κ3) is 3.23. The van der Waals surface area contributed by atoms with Crippen molar-refractivity contribution >= 4 is 23.5 Å². The van der Waals surface area contributed by atoms with Gasteiger partial charge in [-0.3, -0.25) is 0 Å². The molecule has 2 heterocycles. The summed E-state index contributed by atoms with van der Waals surface area (Å²) >= 11 is 4.21. The maximum Gasteiger partial charge on any atom is 0.124 e. The van der Waals surface area contributed by atoms with E-state index in [0.717, 1.165) is 24.2 Å². The highest BCUT2D eigenvalue weighted by Gasteiger charge is 2.28. The number of thioether (sulfide) groups is 2. The molecule has 1 saturated heterocycles. The van der Waals surface area contributed by atoms with E-state index < -0.39 is 0 Å². The second-order valence-electron chi connectivity index (χ2n) is 5.28. The lowest BCUT2D eigenvalue weighted by Crippen LogP contribution is -2.38. The van der Waals surface area contributed by atoms with E-state index in [1.165, 1.54) is 22.8 Å². The van der Waals surface area contributed by atoms with Gasteiger partial charge in [0.15, 0.2) is 0 Å². The van der Waals surface area contributed by atoms with E-state index in [0.29, 0.717) is 12.0 Å². The normalized spacial score (nSPS) is 30.5. The molecule has 2 aliphatic rings. The van der Waals surface area contributed by atoms with E-state index >= 15 is 0 Å². The second-order valence-corrected chi connectivity index (χ2v) is 7.84. The number of rotatable bonds is 3. The highest BCUT2D eigenvalue weighted by molar-refractivity contribution is 8.06. The Bertz CT molecular complexity index is 420. The summed E-state index contributed by atoms with van der Waals surface area (Å²) in [6.45, 7) is 4.21. The van der Waals surface area contributed by atoms with Crippen LogP contribution in [0.25, 0.3) is 0 Å². The topological polar surface area (TPSA) is 21.3 Å². The number of hydrogen-bond donors (Lipinski definition) is 1. The fourth-order valence-corrected chi connectivity index (χ4v) is 5.34. The first kappa shape index (κ1) is 13.7. The molecule has 2 nitrogen and oxygen atoms in total. The van der Waals surface area contributed by atoms with Crippen molar-refractivity contribution in [3.05, 3.63) is 29.8 Å². The number of ether oxygens (including phenoxy) is 1. The van der Waals surface area contributed by atoms with Gasteiger partial charge in [-0.15, -0.1) is 0 Å². The van der Waals surface area contributed by atoms with Gasteiger partial charge in [-0.1, -0.05) is 25.1 Å². The van der Waals surface area contributed by atoms with Gasteiger partial charge in [0.1, 0.15) is 5.75 Å². The Morgan fingerprint density at radius 1 is 1.32 bits per heavy atom. The van der Waals surface area contributed by atoms with E-state index in [1.54, 1.807) is 0 Å². The Morgan fingerprint density at radius 3 is 3.05 bits per heavy atom. The van der Waals surface area contributed by atoms with Crippen LogP contribution in [-0.4, -0.2) is 35.7 Å². The van der Waals surface area contributed by atoms with Gasteiger partial charge in [0.2, 0.25) is 0 Å². The van der Waals surface area contributed by atoms with Crippen molar-refractivity contribution in [2.75, 3.05) is 30.4 Å². The molecule has 3 rings (SSSR count). The summed E-state index contributed by atoms with van der Waals surface area (Å²) < 4.78 is 5.81. The van der Waals surface area contributed by atoms with Crippen molar-refractivity contribution in [3.8, 4) is 5.75 Å². The third-order valence-electron chi connectivity index (χ3n) is 3.78. The predicted molar refractivity (Wildman–Crippen MR) is 85.4 cm³/mol. The molecule has 0 spiro atoms. The van der Waals surface area contributed by atoms with Crippen molar-refractivity contribution in [2.45, 2.75) is 18.2 Å². The average molecular weight is 295 g/mol. The summed E-state index contributed by atoms with van der Waals surface area (Å²) in [5.74, 6) is 5.51. The zero-order valence-electron chi connectivity index (χ0n) is 11.3. The van der Waals surface area contributed by atoms with Gasteiger partial charge >= 0.3 is 0 Å². The molecular formula is C15H21NOS2. The van der Waals surface area contributed by atoms with E-state index in [9.17, 15) is 0 Å². The van der Waals surface area contributed by atoms with Crippen LogP contribution >= 0.6 is 23.5 Å². The fraction of sp³-hybridized carbons (Fsp3) is 0.600. The quantitative estimate of drug-likeness (QED) is 0.924. The lowest BCUT2D eigenvalue weighted by molar-refractivity contribution is 0.189. The molecule has 0 saturated carbocycles. The molecular weight excluding hydrogens is 274 g/mol. The minimum Gasteiger partial charge on any atom is -0.493 e. The van der Waals surface area contributed by atoms with Crippen LogP contribution in [0.2, 0.25) is 0 Å². The lowest BCUT2D eigenvalue weighted by Gasteiger charge is -2.33. The van der Waals surface area contributed by atoms with Crippen molar-refractivity contribution in [2.24, 2.45) is 5.92 Å². The molecule has 1 N–H and O–H groups in total. The summed E-state index contributed by atoms with van der Waals surface area (Å²) in [5, 5.41) is 4.55. The molecule has 0 radical (unpaired) electrons. The molecule has 2 aliphatic heterocycles. The minimum absolute atomic E-state index is 0.442. The molecule has 1 fully saturated rings. The maximum absolute atomic E-state index is 5.81. The first-order valence-corrected chi connectivity index (χ1v) is 9.19. The highest BCUT2D eigenvalue weighted by Crippen LogP contribution is 2.35. The van der Waals surface area contributed by atoms with E-state index in [2.05, 4.69) is 60.0 Å². The zero-order chi connectivity index (χ0) is 13.1. The Kier molecular flexibility index (Phi) is 4.61. The molecule has 19 heavy (non-hydrogen) atoms. The Hall–Kier alpha value is -0.320. The molecule has 4 heteroatoms. The monoisotopic (exact) mass is 295 g/mol. The van der Waals surface area contributed by atoms with Crippen molar-refractivity contribution in [1.82, 2.24) is 5.32 Å². The number of fused-ring (bicyclic) bond motifs is 1. The van der Waals surface area contributed by atoms with Crippen LogP contribution in [0.15, 0.2) is 24.3 Å². The fourth-order valence-electron chi connectivity index (χ4n) is 2.72. The average Bonchev–Trinajstić information content (AvgIpc) is 2.47. The van der Waals surface area contributed by atoms with Crippen LogP contribution in [0.5, 0.6) is 5.75 Å². The third-order valence-corrected chi connectivity index (χ3v) is 6.62. The summed E-state index contributed by atoms with van der Waals surface area (Å²) in [5.41, 5.74) is 1.33. The first-order valence-electron chi connectivity index (χ1n) is 6.99. The van der Waals surface area contributed by atoms with Gasteiger partial charge in [0, 0.05) is 46.6 Å². The Morgan fingerprint density at radius 2 is 2.21 bits per heavy atom. The van der Waals surface area contributed by atoms with Crippen LogP contribution in [-0.2, 0) is 0 Å². The van der Waals surface area contributed by atoms with Gasteiger partial charge < -0.3 is 10.1 Å². The molecule has 3 unspecified atom stereocenters. The van der Waals surface area contributed by atoms with Gasteiger partial charge in [-0.25, -0.2) is 0 Å². The van der Waals surface area contributed by atoms with Gasteiger partial charge in [-0.05, 0) is 6.07 Å². The van der Waals surface area contributed by atoms with Crippen LogP contribution in [0.1, 0.15) is 18.5 Å². The SMILES string of the molecule is CC1COc2ccccc2C1NCC1CSCCS1. The van der Waals surface area contributed by atoms with Crippen LogP contribution in [0.4, 0.5) is 0 Å². The molecule has 0 bridgehead atoms. The number of para-hydroxylation sites is 1. The number of benzene rings is 1. The highest BCUT2D eigenvalue weighted by atomic mass is 32.2. The lowest BCUT2D eigenvalue weighted by atomic mass is 9.92. The van der Waals surface area contributed by atoms with Crippen molar-refractivity contribution < 1.29 is 4.74 Å². The summed E-state index contributed by atoms with van der Waals surface area (Å²) in [6, 6.07) is 8.89. The predicted octanol–water partition coefficient (Wildman–Crippen LogP) is 3.19. The summed E-state index contributed by atoms with van der Waals surface area (Å²) in [7, 11) is 0. The summed E-state index contributed by atoms with van der Waals surface area (Å²) in [4.78, 5) is 0. The van der Waals surface area contributed by atoms with E-state index in [1.807, 2.05) is 0 Å². The van der Waals surface area contributed by atoms with Crippen LogP contribution in [0.3, 0.4) is 0 Å². The molecule has 3 atom stereocenters. The van der Waals surface area contributed by atoms with E-state index in [-0.39, 0.29) is 0 Å². The van der Waals surface area contributed by atoms with Crippen LogP contribution < -0.4 is 10.1 Å². The Labute approximate surface area is 124 Å². The molecule has 1 aromatic carbocycles. The molecule has 1 aromatic rings. The standard InChI is InChI=1S/C15H21NOS2/c1-11-9-17-14-5-3-2-4-13(14)15(11)16-8-12-10-18-6-7-19-12/h2-5,11-12,15-16H,6-10H2,1H3. The smallest absolute Gasteiger partial charge is 0.124 e. The van der Waals surface area contributed by atoms with Gasteiger partial charge in [0.05, 0.1) is 6.61 Å². The van der Waals surface area contributed by atoms with E-state index in [4.69, 9.17) is 4.74 Å². The maximum atomic E-state index is 5.81. The first-order chi connectivity index (χ1) is 9.34. The molecule has 0 aromatic heterocycles. The molecule has 0 aliphatic carbocycles. The number of hydrogen-bond acceptors (Lipinski definition) is 4. The Balaban J connectivity index is 1.65. The van der Waals surface area contributed by atoms with Gasteiger partial charge in [0.25, 0.3) is 0 Å². The summed E-state index contributed by atoms with van der Waals surface area (Å²) in [6.07, 6.45) is 0. The minimum atomic E-state index is 0.442.